The summed E-state index contributed by atoms with van der Waals surface area (Å²) in [5.41, 5.74) is 9.08. The number of aromatic nitrogens is 1. The van der Waals surface area contributed by atoms with Gasteiger partial charge in [-0.05, 0) is 43.5 Å². The van der Waals surface area contributed by atoms with E-state index >= 15 is 0 Å². The van der Waals surface area contributed by atoms with Crippen LogP contribution in [0.15, 0.2) is 70.8 Å². The monoisotopic (exact) mass is 457 g/mol. The Balaban J connectivity index is 1.84. The number of aryl methyl sites for hydroxylation is 2. The van der Waals surface area contributed by atoms with E-state index in [1.54, 1.807) is 23.8 Å². The Kier molecular flexibility index (Phi) is 6.60. The van der Waals surface area contributed by atoms with Crippen LogP contribution in [0.25, 0.3) is 0 Å². The van der Waals surface area contributed by atoms with Crippen LogP contribution in [0.4, 0.5) is 0 Å². The number of hydrogen-bond donors (Lipinski definition) is 1. The third kappa shape index (κ3) is 4.23. The van der Waals surface area contributed by atoms with Crippen LogP contribution in [0.5, 0.6) is 17.2 Å². The van der Waals surface area contributed by atoms with E-state index in [1.807, 2.05) is 56.3 Å². The molecule has 1 aliphatic heterocycles. The maximum atomic E-state index is 13.8. The van der Waals surface area contributed by atoms with Crippen molar-refractivity contribution in [3.63, 3.8) is 0 Å². The molecule has 0 bridgehead atoms. The molecular weight excluding hydrogens is 430 g/mol. The molecule has 7 heteroatoms. The average Bonchev–Trinajstić information content (AvgIpc) is 2.84. The largest absolute Gasteiger partial charge is 0.493 e. The van der Waals surface area contributed by atoms with Crippen LogP contribution in [0.3, 0.4) is 0 Å². The molecule has 0 spiro atoms. The van der Waals surface area contributed by atoms with Gasteiger partial charge in [0.15, 0.2) is 11.5 Å². The summed E-state index contributed by atoms with van der Waals surface area (Å²) in [5.74, 6) is 0.774. The second-order valence-electron chi connectivity index (χ2n) is 8.02. The SMILES string of the molecule is CCOc1ccc(C2C(C#N)=C(N)Oc3cc(C)n(CCc4ccccc4)c(=O)c32)cc1OC. The Morgan fingerprint density at radius 2 is 1.91 bits per heavy atom. The van der Waals surface area contributed by atoms with Crippen LogP contribution < -0.4 is 25.5 Å². The maximum Gasteiger partial charge on any atom is 0.258 e. The standard InChI is InChI=1S/C27H27N3O4/c1-4-33-21-11-10-19(15-22(21)32-3)24-20(16-28)26(29)34-23-14-17(2)30(27(31)25(23)24)13-12-18-8-6-5-7-9-18/h5-11,14-15,24H,4,12-13,29H2,1-3H3. The molecule has 2 aromatic carbocycles. The van der Waals surface area contributed by atoms with Crippen molar-refractivity contribution >= 4 is 0 Å². The van der Waals surface area contributed by atoms with Crippen molar-refractivity contribution in [2.45, 2.75) is 32.7 Å². The zero-order valence-corrected chi connectivity index (χ0v) is 19.5. The summed E-state index contributed by atoms with van der Waals surface area (Å²) < 4.78 is 18.6. The molecule has 0 aliphatic carbocycles. The molecule has 1 atom stereocenters. The molecule has 34 heavy (non-hydrogen) atoms. The molecule has 0 saturated heterocycles. The van der Waals surface area contributed by atoms with Crippen molar-refractivity contribution in [2.75, 3.05) is 13.7 Å². The Morgan fingerprint density at radius 1 is 1.15 bits per heavy atom. The van der Waals surface area contributed by atoms with Crippen LogP contribution in [-0.4, -0.2) is 18.3 Å². The van der Waals surface area contributed by atoms with Crippen molar-refractivity contribution in [3.05, 3.63) is 98.8 Å². The lowest BCUT2D eigenvalue weighted by Crippen LogP contribution is -2.33. The number of benzene rings is 2. The summed E-state index contributed by atoms with van der Waals surface area (Å²) in [6.07, 6.45) is 0.700. The Bertz CT molecular complexity index is 1340. The van der Waals surface area contributed by atoms with Crippen LogP contribution in [0.2, 0.25) is 0 Å². The van der Waals surface area contributed by atoms with E-state index in [1.165, 1.54) is 0 Å². The zero-order valence-electron chi connectivity index (χ0n) is 19.5. The first kappa shape index (κ1) is 23.0. The molecule has 4 rings (SSSR count). The minimum Gasteiger partial charge on any atom is -0.493 e. The van der Waals surface area contributed by atoms with E-state index in [0.29, 0.717) is 47.9 Å². The molecule has 0 amide bonds. The third-order valence-corrected chi connectivity index (χ3v) is 5.98. The van der Waals surface area contributed by atoms with Gasteiger partial charge in [-0.3, -0.25) is 4.79 Å². The molecular formula is C27H27N3O4. The third-order valence-electron chi connectivity index (χ3n) is 5.98. The highest BCUT2D eigenvalue weighted by Crippen LogP contribution is 2.42. The lowest BCUT2D eigenvalue weighted by Gasteiger charge is -2.27. The van der Waals surface area contributed by atoms with Crippen molar-refractivity contribution in [2.24, 2.45) is 5.73 Å². The molecule has 1 aromatic heterocycles. The topological polar surface area (TPSA) is 99.5 Å². The highest BCUT2D eigenvalue weighted by molar-refractivity contribution is 5.57. The number of nitriles is 1. The van der Waals surface area contributed by atoms with Gasteiger partial charge < -0.3 is 24.5 Å². The van der Waals surface area contributed by atoms with Crippen LogP contribution in [0, 0.1) is 18.3 Å². The van der Waals surface area contributed by atoms with Crippen LogP contribution >= 0.6 is 0 Å². The van der Waals surface area contributed by atoms with Gasteiger partial charge in [-0.2, -0.15) is 5.26 Å². The molecule has 2 N–H and O–H groups in total. The van der Waals surface area contributed by atoms with E-state index in [4.69, 9.17) is 19.9 Å². The van der Waals surface area contributed by atoms with Gasteiger partial charge in [-0.15, -0.1) is 0 Å². The number of allylic oxidation sites excluding steroid dienone is 1. The number of rotatable bonds is 7. The number of ether oxygens (including phenoxy) is 3. The lowest BCUT2D eigenvalue weighted by atomic mass is 9.84. The molecule has 1 aliphatic rings. The summed E-state index contributed by atoms with van der Waals surface area (Å²) in [7, 11) is 1.55. The van der Waals surface area contributed by atoms with Crippen LogP contribution in [-0.2, 0) is 13.0 Å². The Labute approximate surface area is 198 Å². The summed E-state index contributed by atoms with van der Waals surface area (Å²) in [6.45, 7) is 4.74. The molecule has 1 unspecified atom stereocenters. The second kappa shape index (κ2) is 9.75. The quantitative estimate of drug-likeness (QED) is 0.575. The first-order valence-electron chi connectivity index (χ1n) is 11.1. The van der Waals surface area contributed by atoms with Crippen molar-refractivity contribution in [3.8, 4) is 23.3 Å². The number of nitrogens with two attached hydrogens (primary N) is 1. The van der Waals surface area contributed by atoms with Crippen LogP contribution in [0.1, 0.15) is 35.2 Å². The number of hydrogen-bond acceptors (Lipinski definition) is 6. The van der Waals surface area contributed by atoms with Gasteiger partial charge in [0.25, 0.3) is 5.56 Å². The first-order valence-corrected chi connectivity index (χ1v) is 11.1. The zero-order chi connectivity index (χ0) is 24.2. The molecule has 2 heterocycles. The Hall–Kier alpha value is -4.18. The normalized spacial score (nSPS) is 14.7. The Morgan fingerprint density at radius 3 is 2.59 bits per heavy atom. The van der Waals surface area contributed by atoms with Gasteiger partial charge in [0, 0.05) is 18.3 Å². The highest BCUT2D eigenvalue weighted by Gasteiger charge is 2.34. The van der Waals surface area contributed by atoms with E-state index < -0.39 is 5.92 Å². The maximum absolute atomic E-state index is 13.8. The van der Waals surface area contributed by atoms with E-state index in [0.717, 1.165) is 11.3 Å². The fourth-order valence-electron chi connectivity index (χ4n) is 4.32. The van der Waals surface area contributed by atoms with Gasteiger partial charge in [0.1, 0.15) is 17.4 Å². The van der Waals surface area contributed by atoms with E-state index in [2.05, 4.69) is 6.07 Å². The minimum absolute atomic E-state index is 0.00585. The smallest absolute Gasteiger partial charge is 0.258 e. The summed E-state index contributed by atoms with van der Waals surface area (Å²) in [5, 5.41) is 9.92. The fourth-order valence-corrected chi connectivity index (χ4v) is 4.32. The predicted octanol–water partition coefficient (Wildman–Crippen LogP) is 4.02. The van der Waals surface area contributed by atoms with Crippen molar-refractivity contribution < 1.29 is 14.2 Å². The molecule has 0 fully saturated rings. The van der Waals surface area contributed by atoms with Gasteiger partial charge in [-0.25, -0.2) is 0 Å². The molecule has 174 valence electrons. The van der Waals surface area contributed by atoms with Crippen molar-refractivity contribution in [1.29, 1.82) is 5.26 Å². The summed E-state index contributed by atoms with van der Waals surface area (Å²) in [4.78, 5) is 13.8. The molecule has 3 aromatic rings. The first-order chi connectivity index (χ1) is 16.5. The van der Waals surface area contributed by atoms with E-state index in [9.17, 15) is 10.1 Å². The van der Waals surface area contributed by atoms with Crippen molar-refractivity contribution in [1.82, 2.24) is 4.57 Å². The number of nitrogens with zero attached hydrogens (tertiary/aromatic N) is 2. The highest BCUT2D eigenvalue weighted by atomic mass is 16.5. The summed E-state index contributed by atoms with van der Waals surface area (Å²) in [6, 6.07) is 19.3. The second-order valence-corrected chi connectivity index (χ2v) is 8.02. The van der Waals surface area contributed by atoms with Gasteiger partial charge in [-0.1, -0.05) is 36.4 Å². The summed E-state index contributed by atoms with van der Waals surface area (Å²) >= 11 is 0. The van der Waals surface area contributed by atoms with E-state index in [-0.39, 0.29) is 17.0 Å². The van der Waals surface area contributed by atoms with Gasteiger partial charge in [0.2, 0.25) is 5.88 Å². The average molecular weight is 458 g/mol. The van der Waals surface area contributed by atoms with Gasteiger partial charge >= 0.3 is 0 Å². The molecule has 0 radical (unpaired) electrons. The number of methoxy groups -OCH3 is 1. The number of pyridine rings is 1. The minimum atomic E-state index is -0.686. The lowest BCUT2D eigenvalue weighted by molar-refractivity contribution is 0.310. The van der Waals surface area contributed by atoms with Gasteiger partial charge in [0.05, 0.1) is 25.2 Å². The molecule has 0 saturated carbocycles. The molecule has 7 nitrogen and oxygen atoms in total. The number of fused-ring (bicyclic) bond motifs is 1. The predicted molar refractivity (Wildman–Crippen MR) is 129 cm³/mol. The fraction of sp³-hybridized carbons (Fsp3) is 0.259.